The fraction of sp³-hybridized carbons (Fsp3) is 0.222. The van der Waals surface area contributed by atoms with Crippen LogP contribution in [-0.2, 0) is 14.3 Å². The second-order valence-corrected chi connectivity index (χ2v) is 6.65. The first-order valence-corrected chi connectivity index (χ1v) is 8.57. The van der Waals surface area contributed by atoms with Crippen molar-refractivity contribution in [2.45, 2.75) is 12.8 Å². The summed E-state index contributed by atoms with van der Waals surface area (Å²) in [5.41, 5.74) is 3.15. The lowest BCUT2D eigenvalue weighted by molar-refractivity contribution is -0.136. The molecule has 0 fully saturated rings. The lowest BCUT2D eigenvalue weighted by atomic mass is 9.83. The third kappa shape index (κ3) is 3.11. The van der Waals surface area contributed by atoms with Crippen LogP contribution in [0.1, 0.15) is 34.3 Å². The molecule has 2 heterocycles. The molecular formula is C18H17N3O4S. The zero-order chi connectivity index (χ0) is 18.8. The Labute approximate surface area is 153 Å². The highest BCUT2D eigenvalue weighted by Crippen LogP contribution is 2.42. The molecule has 1 aromatic heterocycles. The Morgan fingerprint density at radius 1 is 1.15 bits per heavy atom. The standard InChI is InChI=1S/C18H17N3O4S/c1-9-13(17(23)25-3)14(12-8-20-18(19)26-15(12)21-9)10-4-6-11(7-5-10)16(22)24-2/h4-8,14,19,21H,1-3H3. The summed E-state index contributed by atoms with van der Waals surface area (Å²) in [6, 6.07) is 6.87. The summed E-state index contributed by atoms with van der Waals surface area (Å²) in [4.78, 5) is 28.3. The van der Waals surface area contributed by atoms with E-state index in [0.717, 1.165) is 16.1 Å². The largest absolute Gasteiger partial charge is 0.466 e. The molecule has 8 heteroatoms. The van der Waals surface area contributed by atoms with Crippen LogP contribution < -0.4 is 10.1 Å². The summed E-state index contributed by atoms with van der Waals surface area (Å²) >= 11 is 1.20. The molecule has 7 nitrogen and oxygen atoms in total. The first-order chi connectivity index (χ1) is 12.5. The fourth-order valence-electron chi connectivity index (χ4n) is 2.94. The number of carbonyl (C=O) groups is 2. The Hall–Kier alpha value is -3.00. The number of benzene rings is 1. The number of carbonyl (C=O) groups excluding carboxylic acids is 2. The molecule has 1 aromatic carbocycles. The Bertz CT molecular complexity index is 963. The van der Waals surface area contributed by atoms with E-state index in [1.54, 1.807) is 37.4 Å². The predicted octanol–water partition coefficient (Wildman–Crippen LogP) is 2.41. The molecule has 0 radical (unpaired) electrons. The van der Waals surface area contributed by atoms with Crippen LogP contribution in [0.25, 0.3) is 0 Å². The van der Waals surface area contributed by atoms with Gasteiger partial charge in [0.05, 0.1) is 25.4 Å². The molecule has 0 aliphatic carbocycles. The first-order valence-electron chi connectivity index (χ1n) is 7.75. The van der Waals surface area contributed by atoms with E-state index in [9.17, 15) is 9.59 Å². The molecule has 0 amide bonds. The van der Waals surface area contributed by atoms with Crippen molar-refractivity contribution in [2.75, 3.05) is 19.5 Å². The number of esters is 2. The van der Waals surface area contributed by atoms with Crippen LogP contribution in [0.4, 0.5) is 5.00 Å². The average molecular weight is 371 g/mol. The highest BCUT2D eigenvalue weighted by atomic mass is 32.1. The van der Waals surface area contributed by atoms with Crippen molar-refractivity contribution < 1.29 is 19.1 Å². The SMILES string of the molecule is COC(=O)C1=C(C)Nc2sc(=N)ncc2C1c1ccc(C(=O)OC)cc1. The molecule has 134 valence electrons. The van der Waals surface area contributed by atoms with E-state index in [2.05, 4.69) is 10.3 Å². The summed E-state index contributed by atoms with van der Waals surface area (Å²) < 4.78 is 9.69. The van der Waals surface area contributed by atoms with E-state index >= 15 is 0 Å². The van der Waals surface area contributed by atoms with Crippen LogP contribution >= 0.6 is 11.3 Å². The number of nitrogens with zero attached hydrogens (tertiary/aromatic N) is 1. The van der Waals surface area contributed by atoms with Gasteiger partial charge in [-0.3, -0.25) is 5.41 Å². The van der Waals surface area contributed by atoms with Gasteiger partial charge in [-0.05, 0) is 24.6 Å². The first kappa shape index (κ1) is 17.8. The van der Waals surface area contributed by atoms with Crippen molar-refractivity contribution in [1.29, 1.82) is 5.41 Å². The minimum Gasteiger partial charge on any atom is -0.466 e. The smallest absolute Gasteiger partial charge is 0.337 e. The van der Waals surface area contributed by atoms with Crippen LogP contribution in [0.15, 0.2) is 41.7 Å². The minimum absolute atomic E-state index is 0.172. The van der Waals surface area contributed by atoms with Crippen molar-refractivity contribution in [2.24, 2.45) is 0 Å². The average Bonchev–Trinajstić information content (AvgIpc) is 2.65. The molecule has 1 aliphatic rings. The maximum atomic E-state index is 12.4. The summed E-state index contributed by atoms with van der Waals surface area (Å²) in [5, 5.41) is 11.7. The molecule has 0 bridgehead atoms. The van der Waals surface area contributed by atoms with Crippen molar-refractivity contribution in [3.63, 3.8) is 0 Å². The quantitative estimate of drug-likeness (QED) is 0.804. The number of fused-ring (bicyclic) bond motifs is 1. The van der Waals surface area contributed by atoms with Crippen LogP contribution in [0.3, 0.4) is 0 Å². The molecule has 0 saturated heterocycles. The number of hydrogen-bond donors (Lipinski definition) is 2. The van der Waals surface area contributed by atoms with Gasteiger partial charge in [0.1, 0.15) is 5.00 Å². The van der Waals surface area contributed by atoms with Gasteiger partial charge in [-0.15, -0.1) is 0 Å². The normalized spacial score (nSPS) is 15.7. The number of nitrogens with one attached hydrogen (secondary N) is 2. The number of allylic oxidation sites excluding steroid dienone is 1. The number of methoxy groups -OCH3 is 2. The highest BCUT2D eigenvalue weighted by molar-refractivity contribution is 7.13. The molecule has 2 aromatic rings. The molecular weight excluding hydrogens is 354 g/mol. The van der Waals surface area contributed by atoms with Gasteiger partial charge in [0, 0.05) is 23.4 Å². The maximum absolute atomic E-state index is 12.4. The van der Waals surface area contributed by atoms with Crippen molar-refractivity contribution >= 4 is 28.3 Å². The summed E-state index contributed by atoms with van der Waals surface area (Å²) in [6.45, 7) is 1.79. The molecule has 1 atom stereocenters. The Kier molecular flexibility index (Phi) is 4.85. The lowest BCUT2D eigenvalue weighted by Crippen LogP contribution is -2.24. The molecule has 2 N–H and O–H groups in total. The third-order valence-electron chi connectivity index (χ3n) is 4.16. The van der Waals surface area contributed by atoms with Crippen molar-refractivity contribution in [1.82, 2.24) is 4.98 Å². The summed E-state index contributed by atoms with van der Waals surface area (Å²) in [5.74, 6) is -1.28. The summed E-state index contributed by atoms with van der Waals surface area (Å²) in [7, 11) is 2.66. The van der Waals surface area contributed by atoms with Gasteiger partial charge in [-0.25, -0.2) is 14.6 Å². The maximum Gasteiger partial charge on any atom is 0.337 e. The van der Waals surface area contributed by atoms with Gasteiger partial charge >= 0.3 is 11.9 Å². The number of ether oxygens (including phenoxy) is 2. The van der Waals surface area contributed by atoms with Crippen LogP contribution in [0.2, 0.25) is 0 Å². The van der Waals surface area contributed by atoms with Crippen molar-refractivity contribution in [3.8, 4) is 0 Å². The molecule has 1 aliphatic heterocycles. The minimum atomic E-state index is -0.442. The van der Waals surface area contributed by atoms with E-state index in [1.165, 1.54) is 25.6 Å². The molecule has 3 rings (SSSR count). The molecule has 0 saturated carbocycles. The summed E-state index contributed by atoms with van der Waals surface area (Å²) in [6.07, 6.45) is 1.59. The number of anilines is 1. The fourth-order valence-corrected chi connectivity index (χ4v) is 3.73. The number of rotatable bonds is 3. The van der Waals surface area contributed by atoms with Gasteiger partial charge in [0.2, 0.25) is 4.80 Å². The van der Waals surface area contributed by atoms with Crippen LogP contribution in [0, 0.1) is 5.41 Å². The van der Waals surface area contributed by atoms with Gasteiger partial charge in [0.25, 0.3) is 0 Å². The van der Waals surface area contributed by atoms with Crippen LogP contribution in [0.5, 0.6) is 0 Å². The Morgan fingerprint density at radius 2 is 1.81 bits per heavy atom. The van der Waals surface area contributed by atoms with Gasteiger partial charge in [-0.2, -0.15) is 0 Å². The van der Waals surface area contributed by atoms with Gasteiger partial charge in [-0.1, -0.05) is 23.5 Å². The number of hydrogen-bond acceptors (Lipinski definition) is 8. The lowest BCUT2D eigenvalue weighted by Gasteiger charge is -2.29. The second kappa shape index (κ2) is 7.09. The van der Waals surface area contributed by atoms with Gasteiger partial charge in [0.15, 0.2) is 0 Å². The van der Waals surface area contributed by atoms with Gasteiger partial charge < -0.3 is 14.8 Å². The van der Waals surface area contributed by atoms with Crippen LogP contribution in [-0.4, -0.2) is 31.1 Å². The molecule has 26 heavy (non-hydrogen) atoms. The zero-order valence-electron chi connectivity index (χ0n) is 14.5. The number of aromatic nitrogens is 1. The van der Waals surface area contributed by atoms with E-state index in [-0.39, 0.29) is 4.80 Å². The topological polar surface area (TPSA) is 101 Å². The molecule has 0 spiro atoms. The monoisotopic (exact) mass is 371 g/mol. The molecule has 1 unspecified atom stereocenters. The highest BCUT2D eigenvalue weighted by Gasteiger charge is 2.33. The zero-order valence-corrected chi connectivity index (χ0v) is 15.3. The van der Waals surface area contributed by atoms with E-state index in [1.807, 2.05) is 0 Å². The Morgan fingerprint density at radius 3 is 2.42 bits per heavy atom. The Balaban J connectivity index is 2.16. The van der Waals surface area contributed by atoms with E-state index < -0.39 is 17.9 Å². The van der Waals surface area contributed by atoms with E-state index in [0.29, 0.717) is 16.8 Å². The third-order valence-corrected chi connectivity index (χ3v) is 5.00. The van der Waals surface area contributed by atoms with Crippen molar-refractivity contribution in [3.05, 3.63) is 63.2 Å². The second-order valence-electron chi connectivity index (χ2n) is 5.65. The van der Waals surface area contributed by atoms with E-state index in [4.69, 9.17) is 14.9 Å². The predicted molar refractivity (Wildman–Crippen MR) is 95.9 cm³/mol.